The first-order chi connectivity index (χ1) is 8.00. The van der Waals surface area contributed by atoms with Crippen LogP contribution in [0.3, 0.4) is 0 Å². The summed E-state index contributed by atoms with van der Waals surface area (Å²) >= 11 is 0. The Bertz CT molecular complexity index is 309. The van der Waals surface area contributed by atoms with Gasteiger partial charge in [-0.2, -0.15) is 0 Å². The van der Waals surface area contributed by atoms with Gasteiger partial charge in [-0.25, -0.2) is 0 Å². The molecular formula is C12H20F3NO2. The van der Waals surface area contributed by atoms with Crippen molar-refractivity contribution in [1.29, 1.82) is 0 Å². The third kappa shape index (κ3) is 4.24. The molecule has 0 aliphatic carbocycles. The predicted octanol–water partition coefficient (Wildman–Crippen LogP) is 2.71. The van der Waals surface area contributed by atoms with Gasteiger partial charge in [0.25, 0.3) is 0 Å². The van der Waals surface area contributed by atoms with Crippen molar-refractivity contribution < 1.29 is 22.7 Å². The van der Waals surface area contributed by atoms with Crippen LogP contribution in [0.4, 0.5) is 13.2 Å². The van der Waals surface area contributed by atoms with Crippen LogP contribution in [0, 0.1) is 17.3 Å². The second kappa shape index (κ2) is 5.17. The molecule has 0 aromatic rings. The first kappa shape index (κ1) is 15.4. The molecule has 3 nitrogen and oxygen atoms in total. The maximum Gasteiger partial charge on any atom is 0.524 e. The van der Waals surface area contributed by atoms with Crippen molar-refractivity contribution in [2.24, 2.45) is 17.3 Å². The summed E-state index contributed by atoms with van der Waals surface area (Å²) in [6.07, 6.45) is -5.51. The van der Waals surface area contributed by atoms with Crippen LogP contribution in [0.15, 0.2) is 0 Å². The number of ether oxygens (including phenoxy) is 1. The van der Waals surface area contributed by atoms with Gasteiger partial charge >= 0.3 is 6.36 Å². The van der Waals surface area contributed by atoms with Crippen molar-refractivity contribution in [1.82, 2.24) is 5.32 Å². The zero-order valence-electron chi connectivity index (χ0n) is 11.1. The van der Waals surface area contributed by atoms with Crippen molar-refractivity contribution in [3.8, 4) is 0 Å². The largest absolute Gasteiger partial charge is 0.524 e. The van der Waals surface area contributed by atoms with Crippen LogP contribution in [0.1, 0.15) is 34.1 Å². The Kier molecular flexibility index (Phi) is 4.43. The third-order valence-corrected chi connectivity index (χ3v) is 3.19. The Morgan fingerprint density at radius 3 is 2.22 bits per heavy atom. The number of hydrogen-bond acceptors (Lipinski definition) is 3. The number of hydrogen-bond donors (Lipinski definition) is 1. The minimum absolute atomic E-state index is 0.0768. The van der Waals surface area contributed by atoms with E-state index < -0.39 is 18.0 Å². The molecule has 1 aliphatic rings. The molecule has 0 saturated carbocycles. The zero-order chi connectivity index (χ0) is 14.1. The van der Waals surface area contributed by atoms with Gasteiger partial charge in [-0.05, 0) is 12.3 Å². The molecule has 106 valence electrons. The molecule has 1 heterocycles. The summed E-state index contributed by atoms with van der Waals surface area (Å²) in [5, 5.41) is 2.65. The van der Waals surface area contributed by atoms with E-state index in [4.69, 9.17) is 0 Å². The second-order valence-corrected chi connectivity index (χ2v) is 5.89. The van der Waals surface area contributed by atoms with E-state index >= 15 is 0 Å². The molecule has 1 fully saturated rings. The number of alkyl halides is 3. The van der Waals surface area contributed by atoms with Crippen LogP contribution in [0.2, 0.25) is 0 Å². The minimum atomic E-state index is -4.64. The number of Topliss-reactive ketones (excluding diaryl/α,β-unsaturated/α-hetero) is 1. The highest BCUT2D eigenvalue weighted by atomic mass is 19.4. The van der Waals surface area contributed by atoms with Gasteiger partial charge in [-0.15, -0.1) is 13.2 Å². The molecule has 1 N–H and O–H groups in total. The fraction of sp³-hybridized carbons (Fsp3) is 0.917. The van der Waals surface area contributed by atoms with Gasteiger partial charge in [0.1, 0.15) is 12.0 Å². The molecule has 3 atom stereocenters. The van der Waals surface area contributed by atoms with Gasteiger partial charge < -0.3 is 0 Å². The molecule has 0 aromatic heterocycles. The number of carbonyl (C=O) groups is 1. The van der Waals surface area contributed by atoms with Crippen molar-refractivity contribution in [2.45, 2.75) is 46.7 Å². The summed E-state index contributed by atoms with van der Waals surface area (Å²) in [6, 6.07) is 0. The standard InChI is InChI=1S/C12H20F3NO2/c1-7-5-9(18-12(13,14)15)16-6-8(7)10(17)11(2,3)4/h7-9,16H,5-6H2,1-4H3. The molecule has 0 radical (unpaired) electrons. The predicted molar refractivity (Wildman–Crippen MR) is 60.7 cm³/mol. The number of ketones is 1. The maximum absolute atomic E-state index is 12.1. The summed E-state index contributed by atoms with van der Waals surface area (Å²) < 4.78 is 40.2. The molecule has 6 heteroatoms. The molecular weight excluding hydrogens is 247 g/mol. The van der Waals surface area contributed by atoms with Gasteiger partial charge in [0.2, 0.25) is 0 Å². The highest BCUT2D eigenvalue weighted by Crippen LogP contribution is 2.31. The molecule has 0 aromatic carbocycles. The van der Waals surface area contributed by atoms with Crippen molar-refractivity contribution in [3.05, 3.63) is 0 Å². The fourth-order valence-corrected chi connectivity index (χ4v) is 2.20. The average Bonchev–Trinajstić information content (AvgIpc) is 2.12. The van der Waals surface area contributed by atoms with Crippen molar-refractivity contribution in [3.63, 3.8) is 0 Å². The topological polar surface area (TPSA) is 38.3 Å². The Labute approximate surface area is 105 Å². The minimum Gasteiger partial charge on any atom is -0.299 e. The lowest BCUT2D eigenvalue weighted by Gasteiger charge is -2.37. The Morgan fingerprint density at radius 2 is 1.83 bits per heavy atom. The number of carbonyl (C=O) groups excluding carboxylic acids is 1. The molecule has 3 unspecified atom stereocenters. The summed E-state index contributed by atoms with van der Waals surface area (Å²) in [5.74, 6) is -0.295. The lowest BCUT2D eigenvalue weighted by Crippen LogP contribution is -2.50. The molecule has 0 amide bonds. The van der Waals surface area contributed by atoms with Gasteiger partial charge in [0.15, 0.2) is 0 Å². The highest BCUT2D eigenvalue weighted by molar-refractivity contribution is 5.86. The first-order valence-electron chi connectivity index (χ1n) is 6.03. The summed E-state index contributed by atoms with van der Waals surface area (Å²) in [6.45, 7) is 7.49. The van der Waals surface area contributed by atoms with E-state index in [1.54, 1.807) is 6.92 Å². The van der Waals surface area contributed by atoms with Crippen molar-refractivity contribution in [2.75, 3.05) is 6.54 Å². The van der Waals surface area contributed by atoms with Gasteiger partial charge in [-0.3, -0.25) is 14.8 Å². The summed E-state index contributed by atoms with van der Waals surface area (Å²) in [4.78, 5) is 12.1. The molecule has 0 bridgehead atoms. The van der Waals surface area contributed by atoms with Gasteiger partial charge in [-0.1, -0.05) is 27.7 Å². The number of halogens is 3. The Hall–Kier alpha value is -0.620. The highest BCUT2D eigenvalue weighted by Gasteiger charge is 2.41. The van der Waals surface area contributed by atoms with E-state index in [9.17, 15) is 18.0 Å². The van der Waals surface area contributed by atoms with Crippen LogP contribution >= 0.6 is 0 Å². The van der Waals surface area contributed by atoms with E-state index in [-0.39, 0.29) is 30.6 Å². The van der Waals surface area contributed by atoms with E-state index in [2.05, 4.69) is 10.1 Å². The van der Waals surface area contributed by atoms with Crippen LogP contribution in [-0.2, 0) is 9.53 Å². The lowest BCUT2D eigenvalue weighted by atomic mass is 9.75. The lowest BCUT2D eigenvalue weighted by molar-refractivity contribution is -0.350. The van der Waals surface area contributed by atoms with Crippen LogP contribution < -0.4 is 5.32 Å². The normalized spacial score (nSPS) is 30.3. The van der Waals surface area contributed by atoms with E-state index in [1.165, 1.54) is 0 Å². The molecule has 1 aliphatic heterocycles. The van der Waals surface area contributed by atoms with Crippen LogP contribution in [0.25, 0.3) is 0 Å². The summed E-state index contributed by atoms with van der Waals surface area (Å²) in [7, 11) is 0. The Morgan fingerprint density at radius 1 is 1.28 bits per heavy atom. The zero-order valence-corrected chi connectivity index (χ0v) is 11.1. The smallest absolute Gasteiger partial charge is 0.299 e. The number of nitrogens with one attached hydrogen (secondary N) is 1. The Balaban J connectivity index is 2.60. The van der Waals surface area contributed by atoms with Crippen LogP contribution in [0.5, 0.6) is 0 Å². The summed E-state index contributed by atoms with van der Waals surface area (Å²) in [5.41, 5.74) is -0.474. The number of piperidine rings is 1. The first-order valence-corrected chi connectivity index (χ1v) is 6.03. The third-order valence-electron chi connectivity index (χ3n) is 3.19. The number of rotatable bonds is 2. The SMILES string of the molecule is CC1CC(OC(F)(F)F)NCC1C(=O)C(C)(C)C. The molecule has 1 rings (SSSR count). The molecule has 18 heavy (non-hydrogen) atoms. The molecule has 1 saturated heterocycles. The maximum atomic E-state index is 12.1. The monoisotopic (exact) mass is 267 g/mol. The van der Waals surface area contributed by atoms with Crippen molar-refractivity contribution >= 4 is 5.78 Å². The molecule has 0 spiro atoms. The van der Waals surface area contributed by atoms with Gasteiger partial charge in [0.05, 0.1) is 0 Å². The van der Waals surface area contributed by atoms with E-state index in [1.807, 2.05) is 20.8 Å². The van der Waals surface area contributed by atoms with E-state index in [0.29, 0.717) is 0 Å². The second-order valence-electron chi connectivity index (χ2n) is 5.89. The average molecular weight is 267 g/mol. The van der Waals surface area contributed by atoms with Crippen LogP contribution in [-0.4, -0.2) is 24.9 Å². The fourth-order valence-electron chi connectivity index (χ4n) is 2.20. The quantitative estimate of drug-likeness (QED) is 0.836. The van der Waals surface area contributed by atoms with Gasteiger partial charge in [0, 0.05) is 17.9 Å². The van der Waals surface area contributed by atoms with E-state index in [0.717, 1.165) is 0 Å².